The second-order valence-corrected chi connectivity index (χ2v) is 31.5. The van der Waals surface area contributed by atoms with Crippen molar-refractivity contribution < 1.29 is 18.3 Å². The van der Waals surface area contributed by atoms with Crippen LogP contribution in [0.1, 0.15) is 22.3 Å². The normalized spacial score (nSPS) is 13.0. The summed E-state index contributed by atoms with van der Waals surface area (Å²) in [4.78, 5) is 0. The van der Waals surface area contributed by atoms with E-state index in [4.69, 9.17) is 0 Å². The van der Waals surface area contributed by atoms with Gasteiger partial charge in [0.15, 0.2) is 28.6 Å². The van der Waals surface area contributed by atoms with E-state index in [0.717, 1.165) is 22.3 Å². The Kier molecular flexibility index (Phi) is 13.6. The van der Waals surface area contributed by atoms with Crippen LogP contribution in [0.15, 0.2) is 328 Å². The molecule has 0 aliphatic heterocycles. The molecule has 1 aliphatic carbocycles. The molecule has 4 nitrogen and oxygen atoms in total. The van der Waals surface area contributed by atoms with E-state index in [1.807, 2.05) is 279 Å². The lowest BCUT2D eigenvalue weighted by Gasteiger charge is -2.37. The van der Waals surface area contributed by atoms with Gasteiger partial charge in [-0.1, -0.05) is 291 Å². The Hall–Kier alpha value is -8.44. The van der Waals surface area contributed by atoms with Gasteiger partial charge in [0.05, 0.1) is 5.41 Å². The van der Waals surface area contributed by atoms with E-state index in [0.29, 0.717) is 74.8 Å². The third kappa shape index (κ3) is 8.52. The summed E-state index contributed by atoms with van der Waals surface area (Å²) in [5.41, 5.74) is 3.80. The molecule has 13 rings (SSSR count). The fraction of sp³-hybridized carbons (Fsp3) is 0.0137. The van der Waals surface area contributed by atoms with Crippen LogP contribution in [-0.2, 0) is 23.7 Å². The highest BCUT2D eigenvalue weighted by molar-refractivity contribution is 7.87. The van der Waals surface area contributed by atoms with Crippen LogP contribution in [0, 0.1) is 0 Å². The van der Waals surface area contributed by atoms with Crippen molar-refractivity contribution in [3.63, 3.8) is 0 Å². The predicted molar refractivity (Wildman–Crippen MR) is 341 cm³/mol. The molecule has 81 heavy (non-hydrogen) atoms. The Morgan fingerprint density at radius 3 is 0.556 bits per heavy atom. The van der Waals surface area contributed by atoms with Gasteiger partial charge in [-0.25, -0.2) is 0 Å². The first-order valence-electron chi connectivity index (χ1n) is 27.1. The Labute approximate surface area is 474 Å². The van der Waals surface area contributed by atoms with E-state index >= 15 is 18.3 Å². The second-order valence-electron chi connectivity index (χ2n) is 20.4. The highest BCUT2D eigenvalue weighted by atomic mass is 31.2. The van der Waals surface area contributed by atoms with E-state index in [1.54, 1.807) is 0 Å². The molecule has 0 atom stereocenters. The fourth-order valence-corrected chi connectivity index (χ4v) is 23.4. The van der Waals surface area contributed by atoms with Crippen molar-refractivity contribution in [3.8, 4) is 11.1 Å². The molecule has 1 aliphatic rings. The second kappa shape index (κ2) is 21.2. The van der Waals surface area contributed by atoms with Gasteiger partial charge < -0.3 is 18.3 Å². The van der Waals surface area contributed by atoms with Gasteiger partial charge in [-0.3, -0.25) is 0 Å². The topological polar surface area (TPSA) is 68.3 Å². The largest absolute Gasteiger partial charge is 0.309 e. The first-order chi connectivity index (χ1) is 39.7. The predicted octanol–water partition coefficient (Wildman–Crippen LogP) is 12.6. The number of rotatable bonds is 14. The summed E-state index contributed by atoms with van der Waals surface area (Å²) in [6.45, 7) is 0. The lowest BCUT2D eigenvalue weighted by molar-refractivity contribution is 0.591. The molecule has 0 unspecified atom stereocenters. The van der Waals surface area contributed by atoms with Crippen LogP contribution >= 0.6 is 28.6 Å². The summed E-state index contributed by atoms with van der Waals surface area (Å²) < 4.78 is 69.2. The molecule has 0 aromatic heterocycles. The minimum atomic E-state index is -3.86. The molecule has 390 valence electrons. The lowest BCUT2D eigenvalue weighted by atomic mass is 9.67. The van der Waals surface area contributed by atoms with Crippen LogP contribution in [0.3, 0.4) is 0 Å². The number of benzene rings is 12. The highest BCUT2D eigenvalue weighted by Crippen LogP contribution is 2.59. The maximum atomic E-state index is 17.3. The smallest absolute Gasteiger partial charge is 0.171 e. The van der Waals surface area contributed by atoms with Gasteiger partial charge in [-0.05, 0) is 69.8 Å². The third-order valence-electron chi connectivity index (χ3n) is 16.0. The molecule has 0 saturated heterocycles. The number of fused-ring (bicyclic) bond motifs is 3. The molecule has 12 aromatic rings. The summed E-state index contributed by atoms with van der Waals surface area (Å²) in [6, 6.07) is 106. The first kappa shape index (κ1) is 52.0. The zero-order valence-corrected chi connectivity index (χ0v) is 47.7. The van der Waals surface area contributed by atoms with Crippen LogP contribution in [0.25, 0.3) is 11.1 Å². The van der Waals surface area contributed by atoms with Crippen molar-refractivity contribution in [3.05, 3.63) is 350 Å². The van der Waals surface area contributed by atoms with Gasteiger partial charge in [-0.15, -0.1) is 0 Å². The van der Waals surface area contributed by atoms with Crippen molar-refractivity contribution in [2.24, 2.45) is 0 Å². The van der Waals surface area contributed by atoms with Crippen molar-refractivity contribution >= 4 is 92.2 Å². The molecular formula is C73H54O4P4. The van der Waals surface area contributed by atoms with Gasteiger partial charge in [0.2, 0.25) is 0 Å². The minimum Gasteiger partial charge on any atom is -0.309 e. The summed E-state index contributed by atoms with van der Waals surface area (Å²) in [7, 11) is -15.4. The van der Waals surface area contributed by atoms with Gasteiger partial charge in [0.1, 0.15) is 0 Å². The number of hydrogen-bond acceptors (Lipinski definition) is 4. The van der Waals surface area contributed by atoms with Crippen LogP contribution in [0.4, 0.5) is 0 Å². The van der Waals surface area contributed by atoms with E-state index in [1.165, 1.54) is 0 Å². The Morgan fingerprint density at radius 2 is 0.358 bits per heavy atom. The molecule has 12 aromatic carbocycles. The van der Waals surface area contributed by atoms with Crippen molar-refractivity contribution in [2.75, 3.05) is 0 Å². The molecule has 0 N–H and O–H groups in total. The summed E-state index contributed by atoms with van der Waals surface area (Å²) >= 11 is 0. The Balaban J connectivity index is 1.25. The summed E-state index contributed by atoms with van der Waals surface area (Å²) in [6.07, 6.45) is 0. The van der Waals surface area contributed by atoms with Gasteiger partial charge in [0.25, 0.3) is 0 Å². The third-order valence-corrected chi connectivity index (χ3v) is 28.2. The van der Waals surface area contributed by atoms with Crippen LogP contribution in [-0.4, -0.2) is 0 Å². The molecule has 0 saturated carbocycles. The molecule has 0 fully saturated rings. The SMILES string of the molecule is O=P(c1ccccc1)(c1ccccc1)c1cc(C2(c3cc(P(=O)(c4ccccc4)c4ccccc4)cc(P(=O)(c4ccccc4)c4ccccc4)c3)c3ccccc3-c3ccccc32)cc(P(=O)(c2ccccc2)c2ccccc2)c1. The summed E-state index contributed by atoms with van der Waals surface area (Å²) in [5, 5.41) is 6.96. The van der Waals surface area contributed by atoms with Gasteiger partial charge in [0, 0.05) is 63.7 Å². The molecule has 0 spiro atoms. The van der Waals surface area contributed by atoms with Crippen molar-refractivity contribution in [1.29, 1.82) is 0 Å². The Bertz CT molecular complexity index is 3750. The van der Waals surface area contributed by atoms with E-state index in [-0.39, 0.29) is 0 Å². The zero-order chi connectivity index (χ0) is 55.1. The Morgan fingerprint density at radius 1 is 0.185 bits per heavy atom. The molecular weight excluding hydrogens is 1060 g/mol. The number of hydrogen-bond donors (Lipinski definition) is 0. The van der Waals surface area contributed by atoms with Gasteiger partial charge >= 0.3 is 0 Å². The van der Waals surface area contributed by atoms with Crippen LogP contribution in [0.2, 0.25) is 0 Å². The van der Waals surface area contributed by atoms with Crippen molar-refractivity contribution in [2.45, 2.75) is 5.41 Å². The first-order valence-corrected chi connectivity index (χ1v) is 33.9. The summed E-state index contributed by atoms with van der Waals surface area (Å²) in [5.74, 6) is 0. The van der Waals surface area contributed by atoms with Gasteiger partial charge in [-0.2, -0.15) is 0 Å². The lowest BCUT2D eigenvalue weighted by Crippen LogP contribution is -2.37. The fourth-order valence-electron chi connectivity index (χ4n) is 12.3. The zero-order valence-electron chi connectivity index (χ0n) is 44.1. The monoisotopic (exact) mass is 1120 g/mol. The highest BCUT2D eigenvalue weighted by Gasteiger charge is 2.50. The van der Waals surface area contributed by atoms with E-state index < -0.39 is 34.0 Å². The molecule has 0 amide bonds. The molecule has 0 radical (unpaired) electrons. The molecule has 8 heteroatoms. The van der Waals surface area contributed by atoms with Crippen LogP contribution in [0.5, 0.6) is 0 Å². The molecule has 0 heterocycles. The maximum absolute atomic E-state index is 17.3. The van der Waals surface area contributed by atoms with Crippen LogP contribution < -0.4 is 63.7 Å². The standard InChI is InChI=1S/C73H54O4P4/c74-78(57-29-9-1-10-30-57,58-31-11-2-12-32-58)65-49-55(50-66(53-65)79(75,59-33-13-3-14-34-59)60-35-15-4-16-36-60)73(71-47-27-25-45-69(71)70-46-26-28-48-72(70)73)56-51-67(80(76,61-37-17-5-18-38-61)62-39-19-6-20-40-62)54-68(52-56)81(77,63-41-21-7-22-42-63)64-43-23-8-24-44-64/h1-54H. The average Bonchev–Trinajstić information content (AvgIpc) is 3.97. The quantitative estimate of drug-likeness (QED) is 0.102. The molecule has 0 bridgehead atoms. The maximum Gasteiger partial charge on any atom is 0.171 e. The van der Waals surface area contributed by atoms with E-state index in [2.05, 4.69) is 48.5 Å². The average molecular weight is 1120 g/mol. The van der Waals surface area contributed by atoms with E-state index in [9.17, 15) is 0 Å². The minimum absolute atomic E-state index is 0.496. The van der Waals surface area contributed by atoms with Crippen molar-refractivity contribution in [1.82, 2.24) is 0 Å².